The Morgan fingerprint density at radius 3 is 2.51 bits per heavy atom. The zero-order valence-electron chi connectivity index (χ0n) is 36.6. The van der Waals surface area contributed by atoms with E-state index in [1.807, 2.05) is 24.9 Å². The van der Waals surface area contributed by atoms with Crippen molar-refractivity contribution in [3.63, 3.8) is 0 Å². The van der Waals surface area contributed by atoms with Crippen LogP contribution in [0.25, 0.3) is 43.8 Å². The van der Waals surface area contributed by atoms with Gasteiger partial charge in [-0.2, -0.15) is 0 Å². The van der Waals surface area contributed by atoms with Crippen molar-refractivity contribution < 1.29 is 24.1 Å². The van der Waals surface area contributed by atoms with E-state index in [-0.39, 0.29) is 47.5 Å². The predicted molar refractivity (Wildman–Crippen MR) is 238 cm³/mol. The highest BCUT2D eigenvalue weighted by molar-refractivity contribution is 6.05. The molecule has 8 rings (SSSR count). The van der Waals surface area contributed by atoms with Crippen LogP contribution in [0.3, 0.4) is 0 Å². The van der Waals surface area contributed by atoms with Gasteiger partial charge in [0.1, 0.15) is 11.6 Å². The van der Waals surface area contributed by atoms with Crippen LogP contribution in [-0.4, -0.2) is 99.0 Å². The molecule has 324 valence electrons. The van der Waals surface area contributed by atoms with E-state index in [4.69, 9.17) is 19.4 Å². The number of nitrogens with zero attached hydrogens (tertiary/aromatic N) is 5. The zero-order valence-corrected chi connectivity index (χ0v) is 36.6. The van der Waals surface area contributed by atoms with Gasteiger partial charge < -0.3 is 44.5 Å². The molecular weight excluding hydrogens is 771 g/mol. The number of carbonyl (C=O) groups excluding carboxylic acids is 2. The first kappa shape index (κ1) is 42.4. The average molecular weight is 832 g/mol. The number of hydrogen-bond acceptors (Lipinski definition) is 8. The van der Waals surface area contributed by atoms with Crippen molar-refractivity contribution >= 4 is 44.7 Å². The van der Waals surface area contributed by atoms with Crippen molar-refractivity contribution in [2.45, 2.75) is 97.4 Å². The van der Waals surface area contributed by atoms with E-state index in [1.165, 1.54) is 30.8 Å². The van der Waals surface area contributed by atoms with Gasteiger partial charge in [-0.05, 0) is 85.0 Å². The Morgan fingerprint density at radius 2 is 1.77 bits per heavy atom. The Labute approximate surface area is 357 Å². The minimum absolute atomic E-state index is 0.0310. The lowest BCUT2D eigenvalue weighted by molar-refractivity contribution is -0.890. The van der Waals surface area contributed by atoms with E-state index >= 15 is 0 Å². The molecule has 14 heteroatoms. The average Bonchev–Trinajstić information content (AvgIpc) is 4.09. The number of amides is 2. The summed E-state index contributed by atoms with van der Waals surface area (Å²) in [6.45, 7) is 14.0. The molecule has 2 amide bonds. The monoisotopic (exact) mass is 831 g/mol. The van der Waals surface area contributed by atoms with Crippen LogP contribution in [-0.2, 0) is 27.4 Å². The number of H-pyrrole nitrogens is 2. The summed E-state index contributed by atoms with van der Waals surface area (Å²) in [5, 5.41) is 19.1. The van der Waals surface area contributed by atoms with Crippen LogP contribution < -0.4 is 10.4 Å². The number of nitrogens with one attached hydrogen (secondary N) is 4. The van der Waals surface area contributed by atoms with Gasteiger partial charge in [-0.25, -0.2) is 14.8 Å². The summed E-state index contributed by atoms with van der Waals surface area (Å²) in [6.07, 6.45) is 5.27. The lowest BCUT2D eigenvalue weighted by Gasteiger charge is -2.36. The molecule has 2 aliphatic rings. The molecule has 5 atom stereocenters. The highest BCUT2D eigenvalue weighted by atomic mass is 16.6. The van der Waals surface area contributed by atoms with Gasteiger partial charge in [-0.15, -0.1) is 0 Å². The second-order valence-electron chi connectivity index (χ2n) is 17.7. The van der Waals surface area contributed by atoms with E-state index in [2.05, 4.69) is 100 Å². The van der Waals surface area contributed by atoms with Crippen molar-refractivity contribution in [1.82, 2.24) is 39.6 Å². The number of aromatic nitrogens is 5. The number of hydroxylamine groups is 2. The Bertz CT molecular complexity index is 2500. The third-order valence-electron chi connectivity index (χ3n) is 12.9. The summed E-state index contributed by atoms with van der Waals surface area (Å²) in [6, 6.07) is 18.9. The molecule has 2 aliphatic heterocycles. The van der Waals surface area contributed by atoms with Gasteiger partial charge in [-0.3, -0.25) is 9.69 Å². The summed E-state index contributed by atoms with van der Waals surface area (Å²) in [4.78, 5) is 47.2. The van der Waals surface area contributed by atoms with Crippen LogP contribution in [0.1, 0.15) is 95.3 Å². The fraction of sp³-hybridized carbons (Fsp3) is 0.489. The number of methoxy groups -OCH3 is 2. The van der Waals surface area contributed by atoms with Gasteiger partial charge in [0.2, 0.25) is 0 Å². The van der Waals surface area contributed by atoms with Crippen molar-refractivity contribution in [2.24, 2.45) is 11.8 Å². The van der Waals surface area contributed by atoms with Gasteiger partial charge in [0, 0.05) is 78.5 Å². The van der Waals surface area contributed by atoms with Crippen molar-refractivity contribution in [1.29, 1.82) is 0 Å². The summed E-state index contributed by atoms with van der Waals surface area (Å²) in [7, 11) is 2.89. The smallest absolute Gasteiger partial charge is 0.407 e. The van der Waals surface area contributed by atoms with Crippen molar-refractivity contribution in [2.75, 3.05) is 40.6 Å². The predicted octanol–water partition coefficient (Wildman–Crippen LogP) is 6.86. The molecule has 1 fully saturated rings. The molecule has 0 spiro atoms. The number of imidazole rings is 2. The normalized spacial score (nSPS) is 18.2. The van der Waals surface area contributed by atoms with Gasteiger partial charge in [0.15, 0.2) is 12.8 Å². The number of fused-ring (bicyclic) bond motifs is 6. The van der Waals surface area contributed by atoms with E-state index in [9.17, 15) is 14.8 Å². The number of alkyl carbamates (subject to hydrolysis) is 1. The maximum absolute atomic E-state index is 13.8. The summed E-state index contributed by atoms with van der Waals surface area (Å²) in [5.74, 6) is 1.92. The second kappa shape index (κ2) is 18.0. The van der Waals surface area contributed by atoms with E-state index in [0.717, 1.165) is 89.0 Å². The van der Waals surface area contributed by atoms with Gasteiger partial charge in [0.25, 0.3) is 5.91 Å². The summed E-state index contributed by atoms with van der Waals surface area (Å²) < 4.78 is 12.4. The van der Waals surface area contributed by atoms with Crippen LogP contribution in [0.15, 0.2) is 60.8 Å². The third-order valence-corrected chi connectivity index (χ3v) is 12.9. The molecule has 0 bridgehead atoms. The Kier molecular flexibility index (Phi) is 12.5. The molecule has 0 radical (unpaired) electrons. The molecule has 3 aromatic carbocycles. The number of likely N-dealkylation sites (tertiary alicyclic amines) is 1. The van der Waals surface area contributed by atoms with Crippen molar-refractivity contribution in [3.8, 4) is 11.1 Å². The molecule has 0 aliphatic carbocycles. The zero-order chi connectivity index (χ0) is 42.9. The Morgan fingerprint density at radius 1 is 0.984 bits per heavy atom. The van der Waals surface area contributed by atoms with Crippen LogP contribution in [0.4, 0.5) is 4.79 Å². The lowest BCUT2D eigenvalue weighted by atomic mass is 9.98. The van der Waals surface area contributed by atoms with Gasteiger partial charge in [0.05, 0.1) is 30.7 Å². The summed E-state index contributed by atoms with van der Waals surface area (Å²) >= 11 is 0. The van der Waals surface area contributed by atoms with E-state index in [0.29, 0.717) is 19.6 Å². The molecule has 5 heterocycles. The van der Waals surface area contributed by atoms with Crippen molar-refractivity contribution in [3.05, 3.63) is 89.0 Å². The molecule has 4 unspecified atom stereocenters. The molecule has 61 heavy (non-hydrogen) atoms. The number of rotatable bonds is 16. The quantitative estimate of drug-likeness (QED) is 0.0608. The number of benzene rings is 3. The van der Waals surface area contributed by atoms with E-state index < -0.39 is 12.1 Å². The molecule has 4 N–H and O–H groups in total. The number of ether oxygens (including phenoxy) is 2. The van der Waals surface area contributed by atoms with Gasteiger partial charge in [-0.1, -0.05) is 58.9 Å². The maximum Gasteiger partial charge on any atom is 0.407 e. The minimum atomic E-state index is -0.733. The fourth-order valence-electron chi connectivity index (χ4n) is 9.72. The molecular formula is C47H61N9O5. The minimum Gasteiger partial charge on any atom is -0.632 e. The topological polar surface area (TPSA) is 161 Å². The highest BCUT2D eigenvalue weighted by Crippen LogP contribution is 2.40. The van der Waals surface area contributed by atoms with E-state index in [1.54, 1.807) is 0 Å². The Balaban J connectivity index is 0.999. The lowest BCUT2D eigenvalue weighted by Crippen LogP contribution is -3.13. The van der Waals surface area contributed by atoms with Gasteiger partial charge >= 0.3 is 6.09 Å². The Hall–Kier alpha value is -5.28. The first-order chi connectivity index (χ1) is 29.5. The van der Waals surface area contributed by atoms with Crippen LogP contribution in [0.2, 0.25) is 0 Å². The molecule has 1 saturated heterocycles. The largest absolute Gasteiger partial charge is 0.632 e. The standard InChI is InChI=1S/C47H61N9O5/c1-8-18-53(25-38(28(2)3)51-47(58)61-7)26-42-48-24-37(49-42)35-17-20-54-39-16-13-31(22-33(39)23-41(35)54)30-11-14-34-32(21-30)12-15-36-43(34)52-45(50-36)40-10-9-19-55(40)46(57)44(29(4)5)56(59)27-60-6/h11-16,21-24,28-29,35,38,40,44,56H,8-10,17-20,25-27H2,1-7H3,(H,48,49)(H,50,52)(H,51,58)/t35?,38?,40-,44?/m0/s1. The molecule has 14 nitrogen and oxygen atoms in total. The number of hydrogen-bond donors (Lipinski definition) is 4. The second-order valence-corrected chi connectivity index (χ2v) is 17.7. The molecule has 6 aromatic rings. The molecule has 3 aromatic heterocycles. The number of quaternary nitrogens is 1. The first-order valence-electron chi connectivity index (χ1n) is 22.0. The number of carbonyl (C=O) groups is 2. The van der Waals surface area contributed by atoms with Crippen LogP contribution in [0.5, 0.6) is 0 Å². The number of aromatic amines is 2. The highest BCUT2D eigenvalue weighted by Gasteiger charge is 2.40. The van der Waals surface area contributed by atoms with Crippen LogP contribution in [0, 0.1) is 17.0 Å². The molecule has 0 saturated carbocycles. The first-order valence-corrected chi connectivity index (χ1v) is 22.0. The van der Waals surface area contributed by atoms with Crippen LogP contribution >= 0.6 is 0 Å². The third kappa shape index (κ3) is 8.51. The fourth-order valence-corrected chi connectivity index (χ4v) is 9.72. The number of aryl methyl sites for hydroxylation is 1. The SMILES string of the molecule is CCCN(Cc1ncc(C2CCn3c2cc2cc(-c4ccc5c(ccc6[nH]c([C@@H]7CCCN7C(=O)C(C(C)C)[NH+]([O-])COC)nc65)c4)ccc23)[nH]1)CC(NC(=O)OC)C(C)C. The summed E-state index contributed by atoms with van der Waals surface area (Å²) in [5.41, 5.74) is 7.78. The maximum atomic E-state index is 13.8.